The van der Waals surface area contributed by atoms with Crippen molar-refractivity contribution >= 4 is 23.2 Å². The van der Waals surface area contributed by atoms with Gasteiger partial charge in [0.2, 0.25) is 0 Å². The van der Waals surface area contributed by atoms with Crippen LogP contribution in [0.1, 0.15) is 42.9 Å². The van der Waals surface area contributed by atoms with Crippen LogP contribution < -0.4 is 0 Å². The van der Waals surface area contributed by atoms with Crippen LogP contribution in [0.2, 0.25) is 10.0 Å². The normalized spacial score (nSPS) is 25.1. The van der Waals surface area contributed by atoms with E-state index in [0.29, 0.717) is 10.0 Å². The fourth-order valence-corrected chi connectivity index (χ4v) is 4.56. The molecule has 0 saturated heterocycles. The predicted octanol–water partition coefficient (Wildman–Crippen LogP) is 5.67. The van der Waals surface area contributed by atoms with Gasteiger partial charge in [0.25, 0.3) is 0 Å². The van der Waals surface area contributed by atoms with Gasteiger partial charge < -0.3 is 10.0 Å². The summed E-state index contributed by atoms with van der Waals surface area (Å²) in [6.07, 6.45) is 3.87. The van der Waals surface area contributed by atoms with Crippen LogP contribution in [0.15, 0.2) is 48.5 Å². The lowest BCUT2D eigenvalue weighted by molar-refractivity contribution is -0.0837. The Morgan fingerprint density at radius 3 is 2.40 bits per heavy atom. The molecular weight excluding hydrogens is 353 g/mol. The maximum atomic E-state index is 11.8. The van der Waals surface area contributed by atoms with E-state index < -0.39 is 5.60 Å². The second-order valence-electron chi connectivity index (χ2n) is 7.22. The summed E-state index contributed by atoms with van der Waals surface area (Å²) in [6, 6.07) is 16.1. The zero-order valence-electron chi connectivity index (χ0n) is 14.8. The van der Waals surface area contributed by atoms with Gasteiger partial charge in [-0.1, -0.05) is 72.4 Å². The third kappa shape index (κ3) is 3.73. The number of rotatable bonds is 4. The van der Waals surface area contributed by atoms with E-state index in [2.05, 4.69) is 43.3 Å². The Labute approximate surface area is 160 Å². The first-order chi connectivity index (χ1) is 11.9. The van der Waals surface area contributed by atoms with E-state index in [9.17, 15) is 5.11 Å². The summed E-state index contributed by atoms with van der Waals surface area (Å²) in [7, 11) is 4.17. The minimum absolute atomic E-state index is 0.0934. The molecule has 0 amide bonds. The van der Waals surface area contributed by atoms with Crippen molar-refractivity contribution in [1.29, 1.82) is 0 Å². The second kappa shape index (κ2) is 7.67. The van der Waals surface area contributed by atoms with Crippen LogP contribution in [-0.2, 0) is 5.60 Å². The molecule has 1 aliphatic carbocycles. The molecule has 1 fully saturated rings. The quantitative estimate of drug-likeness (QED) is 0.741. The van der Waals surface area contributed by atoms with Gasteiger partial charge in [-0.15, -0.1) is 0 Å². The van der Waals surface area contributed by atoms with Crippen LogP contribution >= 0.6 is 23.2 Å². The van der Waals surface area contributed by atoms with Crippen molar-refractivity contribution in [2.45, 2.75) is 37.3 Å². The Hall–Kier alpha value is -1.06. The fourth-order valence-electron chi connectivity index (χ4n) is 4.27. The van der Waals surface area contributed by atoms with E-state index >= 15 is 0 Å². The third-order valence-corrected chi connectivity index (χ3v) is 6.17. The summed E-state index contributed by atoms with van der Waals surface area (Å²) in [5, 5.41) is 12.8. The largest absolute Gasteiger partial charge is 0.385 e. The average Bonchev–Trinajstić information content (AvgIpc) is 2.60. The van der Waals surface area contributed by atoms with Crippen molar-refractivity contribution < 1.29 is 5.11 Å². The lowest BCUT2D eigenvalue weighted by Crippen LogP contribution is -2.45. The van der Waals surface area contributed by atoms with Gasteiger partial charge in [0.05, 0.1) is 15.6 Å². The molecule has 0 aromatic heterocycles. The monoisotopic (exact) mass is 377 g/mol. The van der Waals surface area contributed by atoms with Gasteiger partial charge in [-0.05, 0) is 50.2 Å². The summed E-state index contributed by atoms with van der Waals surface area (Å²) < 4.78 is 0. The maximum absolute atomic E-state index is 11.8. The van der Waals surface area contributed by atoms with Gasteiger partial charge in [-0.25, -0.2) is 0 Å². The SMILES string of the molecule is CN(C)C(c1ccccc1)C1CCCCC1(O)c1ccc(Cl)c(Cl)c1. The minimum Gasteiger partial charge on any atom is -0.385 e. The molecule has 1 aliphatic rings. The molecule has 3 unspecified atom stereocenters. The molecule has 0 aliphatic heterocycles. The molecule has 0 spiro atoms. The molecule has 134 valence electrons. The number of benzene rings is 2. The van der Waals surface area contributed by atoms with E-state index in [1.807, 2.05) is 18.2 Å². The molecule has 25 heavy (non-hydrogen) atoms. The van der Waals surface area contributed by atoms with Crippen molar-refractivity contribution in [1.82, 2.24) is 4.90 Å². The summed E-state index contributed by atoms with van der Waals surface area (Å²) >= 11 is 12.3. The number of halogens is 2. The van der Waals surface area contributed by atoms with Gasteiger partial charge in [0.1, 0.15) is 0 Å². The molecule has 3 atom stereocenters. The van der Waals surface area contributed by atoms with E-state index in [4.69, 9.17) is 23.2 Å². The van der Waals surface area contributed by atoms with Gasteiger partial charge in [0, 0.05) is 12.0 Å². The lowest BCUT2D eigenvalue weighted by atomic mass is 9.67. The highest BCUT2D eigenvalue weighted by Crippen LogP contribution is 2.49. The van der Waals surface area contributed by atoms with Crippen molar-refractivity contribution in [3.8, 4) is 0 Å². The zero-order valence-corrected chi connectivity index (χ0v) is 16.3. The average molecular weight is 378 g/mol. The number of hydrogen-bond acceptors (Lipinski definition) is 2. The molecule has 4 heteroatoms. The molecule has 2 nitrogen and oxygen atoms in total. The van der Waals surface area contributed by atoms with E-state index in [1.54, 1.807) is 6.07 Å². The Balaban J connectivity index is 2.05. The fraction of sp³-hybridized carbons (Fsp3) is 0.429. The summed E-state index contributed by atoms with van der Waals surface area (Å²) in [6.45, 7) is 0. The Kier molecular flexibility index (Phi) is 5.75. The van der Waals surface area contributed by atoms with Crippen LogP contribution in [0.4, 0.5) is 0 Å². The summed E-state index contributed by atoms with van der Waals surface area (Å²) in [5.41, 5.74) is 1.20. The first-order valence-corrected chi connectivity index (χ1v) is 9.58. The molecule has 0 heterocycles. The van der Waals surface area contributed by atoms with Crippen molar-refractivity contribution in [2.24, 2.45) is 5.92 Å². The predicted molar refractivity (Wildman–Crippen MR) is 105 cm³/mol. The molecule has 2 aromatic carbocycles. The van der Waals surface area contributed by atoms with Crippen LogP contribution in [-0.4, -0.2) is 24.1 Å². The van der Waals surface area contributed by atoms with Gasteiger partial charge in [-0.2, -0.15) is 0 Å². The number of hydrogen-bond donors (Lipinski definition) is 1. The molecule has 1 saturated carbocycles. The highest BCUT2D eigenvalue weighted by molar-refractivity contribution is 6.42. The van der Waals surface area contributed by atoms with Crippen LogP contribution in [0, 0.1) is 5.92 Å². The Morgan fingerprint density at radius 1 is 1.04 bits per heavy atom. The van der Waals surface area contributed by atoms with Crippen molar-refractivity contribution in [2.75, 3.05) is 14.1 Å². The van der Waals surface area contributed by atoms with Crippen LogP contribution in [0.5, 0.6) is 0 Å². The molecule has 0 radical (unpaired) electrons. The first-order valence-electron chi connectivity index (χ1n) is 8.83. The van der Waals surface area contributed by atoms with Crippen LogP contribution in [0.25, 0.3) is 0 Å². The standard InChI is InChI=1S/C21H25Cl2NO/c1-24(2)20(15-8-4-3-5-9-15)17-10-6-7-13-21(17,25)16-11-12-18(22)19(23)14-16/h3-5,8-9,11-12,14,17,20,25H,6-7,10,13H2,1-2H3. The highest BCUT2D eigenvalue weighted by Gasteiger charge is 2.45. The van der Waals surface area contributed by atoms with Crippen molar-refractivity contribution in [3.63, 3.8) is 0 Å². The van der Waals surface area contributed by atoms with Gasteiger partial charge >= 0.3 is 0 Å². The molecule has 3 rings (SSSR count). The molecule has 2 aromatic rings. The zero-order chi connectivity index (χ0) is 18.0. The Morgan fingerprint density at radius 2 is 1.76 bits per heavy atom. The summed E-state index contributed by atoms with van der Waals surface area (Å²) in [4.78, 5) is 2.22. The van der Waals surface area contributed by atoms with E-state index in [1.165, 1.54) is 5.56 Å². The summed E-state index contributed by atoms with van der Waals surface area (Å²) in [5.74, 6) is 0.0934. The number of nitrogens with zero attached hydrogens (tertiary/aromatic N) is 1. The molecular formula is C21H25Cl2NO. The maximum Gasteiger partial charge on any atom is 0.0943 e. The van der Waals surface area contributed by atoms with Gasteiger partial charge in [0.15, 0.2) is 0 Å². The lowest BCUT2D eigenvalue weighted by Gasteiger charge is -2.46. The van der Waals surface area contributed by atoms with Crippen LogP contribution in [0.3, 0.4) is 0 Å². The highest BCUT2D eigenvalue weighted by atomic mass is 35.5. The van der Waals surface area contributed by atoms with E-state index in [0.717, 1.165) is 31.2 Å². The van der Waals surface area contributed by atoms with Crippen molar-refractivity contribution in [3.05, 3.63) is 69.7 Å². The second-order valence-corrected chi connectivity index (χ2v) is 8.04. The smallest absolute Gasteiger partial charge is 0.0943 e. The Bertz CT molecular complexity index is 719. The number of aliphatic hydroxyl groups is 1. The molecule has 0 bridgehead atoms. The topological polar surface area (TPSA) is 23.5 Å². The van der Waals surface area contributed by atoms with E-state index in [-0.39, 0.29) is 12.0 Å². The van der Waals surface area contributed by atoms with Gasteiger partial charge in [-0.3, -0.25) is 0 Å². The first kappa shape index (κ1) is 18.7. The molecule has 1 N–H and O–H groups in total. The minimum atomic E-state index is -0.905. The third-order valence-electron chi connectivity index (χ3n) is 5.43.